The molecule has 110 valence electrons. The van der Waals surface area contributed by atoms with Gasteiger partial charge in [0, 0.05) is 11.8 Å². The third kappa shape index (κ3) is 3.82. The molecule has 1 N–H and O–H groups in total. The van der Waals surface area contributed by atoms with Crippen LogP contribution in [0.1, 0.15) is 24.4 Å². The number of nitro groups is 1. The first-order chi connectivity index (χ1) is 9.95. The zero-order valence-corrected chi connectivity index (χ0v) is 11.5. The fourth-order valence-electron chi connectivity index (χ4n) is 1.66. The van der Waals surface area contributed by atoms with Crippen LogP contribution >= 0.6 is 0 Å². The Bertz CT molecular complexity index is 663. The summed E-state index contributed by atoms with van der Waals surface area (Å²) in [6.07, 6.45) is 0.0173. The fourth-order valence-corrected chi connectivity index (χ4v) is 1.66. The lowest BCUT2D eigenvalue weighted by Crippen LogP contribution is -2.11. The lowest BCUT2D eigenvalue weighted by atomic mass is 10.3. The maximum absolute atomic E-state index is 11.9. The number of carbonyl (C=O) groups excluding carboxylic acids is 1. The van der Waals surface area contributed by atoms with Crippen molar-refractivity contribution in [2.24, 2.45) is 0 Å². The second kappa shape index (κ2) is 6.08. The molecular weight excluding hydrogens is 276 g/mol. The first-order valence-corrected chi connectivity index (χ1v) is 6.28. The highest BCUT2D eigenvalue weighted by Crippen LogP contribution is 2.21. The van der Waals surface area contributed by atoms with E-state index in [0.29, 0.717) is 11.4 Å². The number of hydrogen-bond donors (Lipinski definition) is 1. The van der Waals surface area contributed by atoms with Gasteiger partial charge in [-0.15, -0.1) is 0 Å². The zero-order chi connectivity index (χ0) is 15.4. The van der Waals surface area contributed by atoms with E-state index in [9.17, 15) is 14.9 Å². The summed E-state index contributed by atoms with van der Waals surface area (Å²) >= 11 is 0. The minimum atomic E-state index is -0.701. The van der Waals surface area contributed by atoms with Gasteiger partial charge >= 0.3 is 5.88 Å². The molecule has 0 atom stereocenters. The van der Waals surface area contributed by atoms with Crippen LogP contribution in [0.5, 0.6) is 5.75 Å². The molecule has 0 aliphatic rings. The van der Waals surface area contributed by atoms with Crippen molar-refractivity contribution in [3.8, 4) is 5.75 Å². The molecule has 0 aliphatic heterocycles. The number of furan rings is 1. The van der Waals surface area contributed by atoms with Gasteiger partial charge in [0.15, 0.2) is 5.76 Å². The molecule has 0 bridgehead atoms. The normalized spacial score (nSPS) is 10.4. The Kier molecular flexibility index (Phi) is 4.22. The van der Waals surface area contributed by atoms with Crippen LogP contribution in [0.25, 0.3) is 0 Å². The average Bonchev–Trinajstić information content (AvgIpc) is 2.88. The number of rotatable bonds is 5. The van der Waals surface area contributed by atoms with Gasteiger partial charge in [0.25, 0.3) is 5.91 Å². The highest BCUT2D eigenvalue weighted by atomic mass is 16.6. The smallest absolute Gasteiger partial charge is 0.433 e. The third-order valence-electron chi connectivity index (χ3n) is 2.46. The molecule has 7 heteroatoms. The minimum Gasteiger partial charge on any atom is -0.491 e. The third-order valence-corrected chi connectivity index (χ3v) is 2.46. The van der Waals surface area contributed by atoms with Crippen molar-refractivity contribution in [3.63, 3.8) is 0 Å². The van der Waals surface area contributed by atoms with Gasteiger partial charge in [0.1, 0.15) is 10.7 Å². The standard InChI is InChI=1S/C14H14N2O5/c1-9(2)20-11-5-3-4-10(8-11)15-14(17)12-6-7-13(21-12)16(18)19/h3-9H,1-2H3,(H,15,17). The largest absolute Gasteiger partial charge is 0.491 e. The van der Waals surface area contributed by atoms with E-state index in [1.165, 1.54) is 6.07 Å². The lowest BCUT2D eigenvalue weighted by molar-refractivity contribution is -0.402. The molecule has 0 saturated carbocycles. The predicted octanol–water partition coefficient (Wildman–Crippen LogP) is 3.23. The molecular formula is C14H14N2O5. The summed E-state index contributed by atoms with van der Waals surface area (Å²) in [5.74, 6) is -0.549. The van der Waals surface area contributed by atoms with Crippen molar-refractivity contribution >= 4 is 17.5 Å². The van der Waals surface area contributed by atoms with E-state index in [1.807, 2.05) is 13.8 Å². The van der Waals surface area contributed by atoms with E-state index >= 15 is 0 Å². The first kappa shape index (κ1) is 14.6. The van der Waals surface area contributed by atoms with E-state index in [0.717, 1.165) is 6.07 Å². The Morgan fingerprint density at radius 1 is 1.33 bits per heavy atom. The van der Waals surface area contributed by atoms with Crippen LogP contribution in [-0.2, 0) is 0 Å². The lowest BCUT2D eigenvalue weighted by Gasteiger charge is -2.11. The highest BCUT2D eigenvalue weighted by molar-refractivity contribution is 6.02. The molecule has 0 unspecified atom stereocenters. The van der Waals surface area contributed by atoms with Gasteiger partial charge in [-0.1, -0.05) is 6.07 Å². The van der Waals surface area contributed by atoms with Crippen LogP contribution in [0.3, 0.4) is 0 Å². The van der Waals surface area contributed by atoms with Gasteiger partial charge in [-0.3, -0.25) is 14.9 Å². The van der Waals surface area contributed by atoms with Gasteiger partial charge in [0.2, 0.25) is 0 Å². The summed E-state index contributed by atoms with van der Waals surface area (Å²) in [6.45, 7) is 3.79. The highest BCUT2D eigenvalue weighted by Gasteiger charge is 2.17. The molecule has 0 fully saturated rings. The van der Waals surface area contributed by atoms with Crippen molar-refractivity contribution in [2.75, 3.05) is 5.32 Å². The maximum atomic E-state index is 11.9. The molecule has 1 aromatic carbocycles. The molecule has 0 spiro atoms. The Morgan fingerprint density at radius 2 is 2.10 bits per heavy atom. The second-order valence-electron chi connectivity index (χ2n) is 4.54. The number of anilines is 1. The van der Waals surface area contributed by atoms with E-state index in [4.69, 9.17) is 9.15 Å². The number of carbonyl (C=O) groups is 1. The van der Waals surface area contributed by atoms with Crippen LogP contribution in [0.15, 0.2) is 40.8 Å². The molecule has 7 nitrogen and oxygen atoms in total. The number of amides is 1. The summed E-state index contributed by atoms with van der Waals surface area (Å²) in [7, 11) is 0. The van der Waals surface area contributed by atoms with E-state index in [2.05, 4.69) is 5.32 Å². The van der Waals surface area contributed by atoms with Gasteiger partial charge in [-0.05, 0) is 32.0 Å². The molecule has 1 aromatic heterocycles. The average molecular weight is 290 g/mol. The van der Waals surface area contributed by atoms with Gasteiger partial charge in [-0.2, -0.15) is 0 Å². The molecule has 21 heavy (non-hydrogen) atoms. The number of benzene rings is 1. The summed E-state index contributed by atoms with van der Waals surface area (Å²) < 4.78 is 10.3. The molecule has 1 heterocycles. The van der Waals surface area contributed by atoms with Crippen molar-refractivity contribution in [1.82, 2.24) is 0 Å². The summed E-state index contributed by atoms with van der Waals surface area (Å²) in [6, 6.07) is 9.23. The second-order valence-corrected chi connectivity index (χ2v) is 4.54. The Morgan fingerprint density at radius 3 is 2.71 bits per heavy atom. The number of nitrogens with zero attached hydrogens (tertiary/aromatic N) is 1. The SMILES string of the molecule is CC(C)Oc1cccc(NC(=O)c2ccc([N+](=O)[O-])o2)c1. The summed E-state index contributed by atoms with van der Waals surface area (Å²) in [5, 5.41) is 13.1. The van der Waals surface area contributed by atoms with E-state index in [-0.39, 0.29) is 11.9 Å². The van der Waals surface area contributed by atoms with Crippen LogP contribution in [0.4, 0.5) is 11.6 Å². The number of hydrogen-bond acceptors (Lipinski definition) is 5. The van der Waals surface area contributed by atoms with Gasteiger partial charge in [-0.25, -0.2) is 0 Å². The van der Waals surface area contributed by atoms with Crippen LogP contribution in [0.2, 0.25) is 0 Å². The van der Waals surface area contributed by atoms with Gasteiger partial charge in [0.05, 0.1) is 12.2 Å². The molecule has 0 radical (unpaired) electrons. The number of nitrogens with one attached hydrogen (secondary N) is 1. The van der Waals surface area contributed by atoms with Gasteiger partial charge < -0.3 is 14.5 Å². The Hall–Kier alpha value is -2.83. The van der Waals surface area contributed by atoms with Crippen molar-refractivity contribution in [1.29, 1.82) is 0 Å². The van der Waals surface area contributed by atoms with Crippen molar-refractivity contribution < 1.29 is 18.9 Å². The zero-order valence-electron chi connectivity index (χ0n) is 11.5. The molecule has 0 saturated heterocycles. The van der Waals surface area contributed by atoms with Crippen molar-refractivity contribution in [3.05, 3.63) is 52.3 Å². The van der Waals surface area contributed by atoms with E-state index < -0.39 is 16.7 Å². The Labute approximate surface area is 120 Å². The van der Waals surface area contributed by atoms with Crippen LogP contribution in [-0.4, -0.2) is 16.9 Å². The Balaban J connectivity index is 2.09. The van der Waals surface area contributed by atoms with E-state index in [1.54, 1.807) is 24.3 Å². The fraction of sp³-hybridized carbons (Fsp3) is 0.214. The van der Waals surface area contributed by atoms with Crippen LogP contribution in [0, 0.1) is 10.1 Å². The minimum absolute atomic E-state index is 0.0173. The first-order valence-electron chi connectivity index (χ1n) is 6.28. The predicted molar refractivity (Wildman–Crippen MR) is 75.5 cm³/mol. The summed E-state index contributed by atoms with van der Waals surface area (Å²) in [5.41, 5.74) is 0.511. The van der Waals surface area contributed by atoms with Crippen LogP contribution < -0.4 is 10.1 Å². The van der Waals surface area contributed by atoms with Crippen molar-refractivity contribution in [2.45, 2.75) is 20.0 Å². The molecule has 1 amide bonds. The molecule has 2 rings (SSSR count). The quantitative estimate of drug-likeness (QED) is 0.673. The summed E-state index contributed by atoms with van der Waals surface area (Å²) in [4.78, 5) is 21.7. The monoisotopic (exact) mass is 290 g/mol. The topological polar surface area (TPSA) is 94.6 Å². The maximum Gasteiger partial charge on any atom is 0.433 e. The molecule has 2 aromatic rings. The molecule has 0 aliphatic carbocycles. The number of ether oxygens (including phenoxy) is 1.